The van der Waals surface area contributed by atoms with Gasteiger partial charge in [-0.25, -0.2) is 8.78 Å². The number of esters is 1. The first kappa shape index (κ1) is 10.4. The highest BCUT2D eigenvalue weighted by atomic mass is 19.3. The zero-order valence-electron chi connectivity index (χ0n) is 7.48. The summed E-state index contributed by atoms with van der Waals surface area (Å²) in [5.41, 5.74) is 0. The summed E-state index contributed by atoms with van der Waals surface area (Å²) in [4.78, 5) is 11.0. The normalized spacial score (nSPS) is 27.8. The van der Waals surface area contributed by atoms with Gasteiger partial charge in [-0.3, -0.25) is 4.79 Å². The van der Waals surface area contributed by atoms with E-state index < -0.39 is 17.8 Å². The van der Waals surface area contributed by atoms with Crippen LogP contribution in [0.3, 0.4) is 0 Å². The van der Waals surface area contributed by atoms with Crippen LogP contribution < -0.4 is 5.32 Å². The molecular weight excluding hydrogens is 180 g/mol. The van der Waals surface area contributed by atoms with E-state index in [1.54, 1.807) is 0 Å². The SMILES string of the molecule is COC(=O)C1CNCCCC1(F)F. The Morgan fingerprint density at radius 3 is 2.92 bits per heavy atom. The lowest BCUT2D eigenvalue weighted by Crippen LogP contribution is -2.39. The fraction of sp³-hybridized carbons (Fsp3) is 0.875. The Labute approximate surface area is 75.4 Å². The molecule has 1 N–H and O–H groups in total. The minimum absolute atomic E-state index is 0.000324. The maximum Gasteiger partial charge on any atom is 0.316 e. The quantitative estimate of drug-likeness (QED) is 0.626. The molecule has 0 bridgehead atoms. The number of hydrogen-bond acceptors (Lipinski definition) is 3. The molecule has 1 aliphatic heterocycles. The van der Waals surface area contributed by atoms with Crippen LogP contribution in [-0.4, -0.2) is 32.1 Å². The van der Waals surface area contributed by atoms with Crippen LogP contribution in [0, 0.1) is 5.92 Å². The van der Waals surface area contributed by atoms with E-state index in [4.69, 9.17) is 0 Å². The summed E-state index contributed by atoms with van der Waals surface area (Å²) in [5.74, 6) is -5.10. The van der Waals surface area contributed by atoms with Crippen molar-refractivity contribution in [2.45, 2.75) is 18.8 Å². The molecule has 0 aromatic rings. The Bertz CT molecular complexity index is 197. The molecule has 0 radical (unpaired) electrons. The molecule has 1 unspecified atom stereocenters. The highest BCUT2D eigenvalue weighted by Gasteiger charge is 2.45. The Morgan fingerprint density at radius 1 is 1.62 bits per heavy atom. The first-order valence-electron chi connectivity index (χ1n) is 4.24. The van der Waals surface area contributed by atoms with Crippen molar-refractivity contribution in [3.8, 4) is 0 Å². The summed E-state index contributed by atoms with van der Waals surface area (Å²) in [7, 11) is 1.13. The van der Waals surface area contributed by atoms with Crippen LogP contribution in [0.15, 0.2) is 0 Å². The van der Waals surface area contributed by atoms with Gasteiger partial charge in [-0.15, -0.1) is 0 Å². The fourth-order valence-corrected chi connectivity index (χ4v) is 1.42. The fourth-order valence-electron chi connectivity index (χ4n) is 1.42. The molecule has 1 fully saturated rings. The third kappa shape index (κ3) is 2.37. The molecule has 0 aromatic carbocycles. The number of halogens is 2. The Hall–Kier alpha value is -0.710. The van der Waals surface area contributed by atoms with Crippen molar-refractivity contribution >= 4 is 5.97 Å². The maximum atomic E-state index is 13.2. The second-order valence-electron chi connectivity index (χ2n) is 3.14. The monoisotopic (exact) mass is 193 g/mol. The van der Waals surface area contributed by atoms with E-state index in [1.165, 1.54) is 0 Å². The summed E-state index contributed by atoms with van der Waals surface area (Å²) in [5, 5.41) is 2.79. The Kier molecular flexibility index (Phi) is 3.19. The van der Waals surface area contributed by atoms with Crippen LogP contribution in [-0.2, 0) is 9.53 Å². The van der Waals surface area contributed by atoms with Crippen molar-refractivity contribution in [2.24, 2.45) is 5.92 Å². The molecule has 1 atom stereocenters. The van der Waals surface area contributed by atoms with Crippen molar-refractivity contribution in [1.82, 2.24) is 5.32 Å². The van der Waals surface area contributed by atoms with E-state index in [0.717, 1.165) is 7.11 Å². The van der Waals surface area contributed by atoms with Gasteiger partial charge in [0, 0.05) is 13.0 Å². The minimum atomic E-state index is -2.93. The van der Waals surface area contributed by atoms with Gasteiger partial charge in [0.1, 0.15) is 5.92 Å². The number of alkyl halides is 2. The number of hydrogen-bond donors (Lipinski definition) is 1. The molecule has 1 heterocycles. The largest absolute Gasteiger partial charge is 0.469 e. The van der Waals surface area contributed by atoms with E-state index in [0.29, 0.717) is 13.0 Å². The molecule has 13 heavy (non-hydrogen) atoms. The molecule has 0 aromatic heterocycles. The zero-order valence-corrected chi connectivity index (χ0v) is 7.48. The van der Waals surface area contributed by atoms with Crippen LogP contribution in [0.25, 0.3) is 0 Å². The third-order valence-corrected chi connectivity index (χ3v) is 2.21. The summed E-state index contributed by atoms with van der Waals surface area (Å²) < 4.78 is 30.8. The summed E-state index contributed by atoms with van der Waals surface area (Å²) in [6.45, 7) is 0.531. The van der Waals surface area contributed by atoms with Gasteiger partial charge < -0.3 is 10.1 Å². The number of ether oxygens (including phenoxy) is 1. The van der Waals surface area contributed by atoms with E-state index in [2.05, 4.69) is 10.1 Å². The molecule has 0 amide bonds. The molecule has 0 spiro atoms. The van der Waals surface area contributed by atoms with Crippen LogP contribution in [0.5, 0.6) is 0 Å². The number of carbonyl (C=O) groups is 1. The lowest BCUT2D eigenvalue weighted by molar-refractivity contribution is -0.160. The molecule has 0 saturated carbocycles. The summed E-state index contributed by atoms with van der Waals surface area (Å²) in [6.07, 6.45) is 0.139. The number of methoxy groups -OCH3 is 1. The molecule has 1 rings (SSSR count). The van der Waals surface area contributed by atoms with Gasteiger partial charge in [0.05, 0.1) is 7.11 Å². The van der Waals surface area contributed by atoms with E-state index in [-0.39, 0.29) is 13.0 Å². The predicted octanol–water partition coefficient (Wildman–Crippen LogP) is 0.794. The second kappa shape index (κ2) is 4.00. The standard InChI is InChI=1S/C8H13F2NO2/c1-13-7(12)6-5-11-4-2-3-8(6,9)10/h6,11H,2-5H2,1H3. The minimum Gasteiger partial charge on any atom is -0.469 e. The molecule has 1 saturated heterocycles. The lowest BCUT2D eigenvalue weighted by atomic mass is 9.99. The van der Waals surface area contributed by atoms with Crippen LogP contribution in [0.2, 0.25) is 0 Å². The smallest absolute Gasteiger partial charge is 0.316 e. The van der Waals surface area contributed by atoms with Crippen LogP contribution >= 0.6 is 0 Å². The van der Waals surface area contributed by atoms with Gasteiger partial charge in [-0.05, 0) is 13.0 Å². The Morgan fingerprint density at radius 2 is 2.31 bits per heavy atom. The molecular formula is C8H13F2NO2. The lowest BCUT2D eigenvalue weighted by Gasteiger charge is -2.21. The maximum absolute atomic E-state index is 13.2. The Balaban J connectivity index is 2.71. The molecule has 0 aliphatic carbocycles. The van der Waals surface area contributed by atoms with Gasteiger partial charge in [-0.2, -0.15) is 0 Å². The van der Waals surface area contributed by atoms with Crippen LogP contribution in [0.1, 0.15) is 12.8 Å². The van der Waals surface area contributed by atoms with Gasteiger partial charge in [0.25, 0.3) is 5.92 Å². The van der Waals surface area contributed by atoms with Crippen molar-refractivity contribution in [3.05, 3.63) is 0 Å². The van der Waals surface area contributed by atoms with E-state index in [1.807, 2.05) is 0 Å². The molecule has 5 heteroatoms. The average molecular weight is 193 g/mol. The number of nitrogens with one attached hydrogen (secondary N) is 1. The zero-order chi connectivity index (χ0) is 9.90. The summed E-state index contributed by atoms with van der Waals surface area (Å²) >= 11 is 0. The topological polar surface area (TPSA) is 38.3 Å². The molecule has 3 nitrogen and oxygen atoms in total. The van der Waals surface area contributed by atoms with Crippen molar-refractivity contribution in [2.75, 3.05) is 20.2 Å². The van der Waals surface area contributed by atoms with Gasteiger partial charge >= 0.3 is 5.97 Å². The van der Waals surface area contributed by atoms with E-state index in [9.17, 15) is 13.6 Å². The number of carbonyl (C=O) groups excluding carboxylic acids is 1. The van der Waals surface area contributed by atoms with Gasteiger partial charge in [-0.1, -0.05) is 0 Å². The van der Waals surface area contributed by atoms with Crippen molar-refractivity contribution in [3.63, 3.8) is 0 Å². The number of rotatable bonds is 1. The first-order valence-corrected chi connectivity index (χ1v) is 4.24. The van der Waals surface area contributed by atoms with Gasteiger partial charge in [0.15, 0.2) is 0 Å². The average Bonchev–Trinajstić information content (AvgIpc) is 2.25. The van der Waals surface area contributed by atoms with Crippen molar-refractivity contribution in [1.29, 1.82) is 0 Å². The van der Waals surface area contributed by atoms with Gasteiger partial charge in [0.2, 0.25) is 0 Å². The van der Waals surface area contributed by atoms with Crippen LogP contribution in [0.4, 0.5) is 8.78 Å². The summed E-state index contributed by atoms with van der Waals surface area (Å²) in [6, 6.07) is 0. The predicted molar refractivity (Wildman–Crippen MR) is 42.6 cm³/mol. The molecule has 76 valence electrons. The first-order chi connectivity index (χ1) is 6.08. The molecule has 1 aliphatic rings. The van der Waals surface area contributed by atoms with Crippen molar-refractivity contribution < 1.29 is 18.3 Å². The highest BCUT2D eigenvalue weighted by Crippen LogP contribution is 2.31. The second-order valence-corrected chi connectivity index (χ2v) is 3.14. The van der Waals surface area contributed by atoms with E-state index >= 15 is 0 Å². The third-order valence-electron chi connectivity index (χ3n) is 2.21. The highest BCUT2D eigenvalue weighted by molar-refractivity contribution is 5.73.